The molecule has 0 heterocycles. The molecule has 0 unspecified atom stereocenters. The van der Waals surface area contributed by atoms with Crippen LogP contribution in [-0.4, -0.2) is 74.1 Å². The normalized spacial score (nSPS) is 7.72. The van der Waals surface area contributed by atoms with Gasteiger partial charge in [-0.25, -0.2) is 0 Å². The molecule has 238 valence electrons. The van der Waals surface area contributed by atoms with E-state index in [9.17, 15) is 0 Å². The molecular formula is C20H40Cr2NO15S2+. The van der Waals surface area contributed by atoms with E-state index in [2.05, 4.69) is 62.4 Å². The Morgan fingerprint density at radius 2 is 0.775 bits per heavy atom. The number of carboxylic acid groups (broad SMARTS) is 2. The van der Waals surface area contributed by atoms with Crippen LogP contribution in [0.2, 0.25) is 0 Å². The molecule has 0 bridgehead atoms. The van der Waals surface area contributed by atoms with Crippen molar-refractivity contribution >= 4 is 49.4 Å². The van der Waals surface area contributed by atoms with Gasteiger partial charge >= 0.3 is 39.6 Å². The van der Waals surface area contributed by atoms with Crippen LogP contribution in [-0.2, 0) is 69.9 Å². The van der Waals surface area contributed by atoms with E-state index in [1.807, 2.05) is 0 Å². The SMILES string of the molecule is CC(=O)O.CC(=O)O.CC([NH-])=O.CCC.O.O.O=S(=O)(O)O.O=S(=O)(O)O.[CH3-].[Cr+2].[Cr].[H+].c1ccc2ccccc2c1. The number of fused-ring (bicyclic) bond motifs is 1. The summed E-state index contributed by atoms with van der Waals surface area (Å²) in [6.07, 6.45) is 1.25. The molecule has 1 amide bonds. The monoisotopic (exact) mass is 702 g/mol. The topological polar surface area (TPSA) is 328 Å². The number of carbonyl (C=O) groups excluding carboxylic acids is 1. The zero-order valence-corrected chi connectivity index (χ0v) is 26.7. The Bertz CT molecular complexity index is 908. The van der Waals surface area contributed by atoms with Crippen molar-refractivity contribution in [3.63, 3.8) is 0 Å². The van der Waals surface area contributed by atoms with Gasteiger partial charge in [0.2, 0.25) is 0 Å². The van der Waals surface area contributed by atoms with E-state index in [0.717, 1.165) is 13.8 Å². The fourth-order valence-electron chi connectivity index (χ4n) is 1.13. The standard InChI is InChI=1S/C10H8.C3H8.C2H5NO.2C2H4O2.CH3.2Cr.2H2O4S.2H2O/c1-2-6-10-8-4-3-7-9(10)5-1;1-3-2;3*1-2(3)4;;;;2*1-5(2,3)4;;/h1-8H;3H2,1-2H3;1H3,(H2,3,4);2*1H3,(H,3,4);1H3;;;2*(H2,1,2,3,4);2*1H2/q;;;;;-1;;+2;;;;. The number of hydrogen-bond donors (Lipinski definition) is 6. The van der Waals surface area contributed by atoms with Crippen LogP contribution in [0.3, 0.4) is 0 Å². The Kier molecular flexibility index (Phi) is 68.4. The summed E-state index contributed by atoms with van der Waals surface area (Å²) >= 11 is 0. The van der Waals surface area contributed by atoms with E-state index in [4.69, 9.17) is 65.4 Å². The summed E-state index contributed by atoms with van der Waals surface area (Å²) in [6, 6.07) is 16.7. The summed E-state index contributed by atoms with van der Waals surface area (Å²) in [6.45, 7) is 7.61. The van der Waals surface area contributed by atoms with Crippen molar-refractivity contribution in [3.05, 3.63) is 61.7 Å². The van der Waals surface area contributed by atoms with Gasteiger partial charge in [-0.05, 0) is 17.7 Å². The van der Waals surface area contributed by atoms with E-state index >= 15 is 0 Å². The number of carboxylic acids is 2. The summed E-state index contributed by atoms with van der Waals surface area (Å²) in [5, 5.41) is 17.5. The molecule has 0 radical (unpaired) electrons. The van der Waals surface area contributed by atoms with E-state index in [0.29, 0.717) is 0 Å². The van der Waals surface area contributed by atoms with E-state index in [1.165, 1.54) is 24.1 Å². The van der Waals surface area contributed by atoms with Gasteiger partial charge in [-0.15, -0.1) is 0 Å². The minimum Gasteiger partial charge on any atom is -0.668 e. The van der Waals surface area contributed by atoms with Crippen LogP contribution < -0.4 is 0 Å². The summed E-state index contributed by atoms with van der Waals surface area (Å²) in [5.74, 6) is -2.25. The van der Waals surface area contributed by atoms with Gasteiger partial charge in [-0.3, -0.25) is 27.8 Å². The molecule has 11 N–H and O–H groups in total. The van der Waals surface area contributed by atoms with Gasteiger partial charge in [0.1, 0.15) is 0 Å². The molecule has 2 rings (SSSR count). The molecule has 0 aliphatic rings. The molecular weight excluding hydrogens is 662 g/mol. The van der Waals surface area contributed by atoms with Gasteiger partial charge in [-0.1, -0.05) is 68.8 Å². The number of nitrogens with one attached hydrogen (secondary N) is 1. The maximum absolute atomic E-state index is 9.11. The fraction of sp³-hybridized carbons (Fsp3) is 0.300. The van der Waals surface area contributed by atoms with Crippen LogP contribution in [0.1, 0.15) is 42.5 Å². The minimum absolute atomic E-state index is 0. The predicted octanol–water partition coefficient (Wildman–Crippen LogP) is 2.63. The van der Waals surface area contributed by atoms with Gasteiger partial charge in [0, 0.05) is 37.1 Å². The number of rotatable bonds is 0. The third kappa shape index (κ3) is 173. The molecule has 0 fully saturated rings. The Hall–Kier alpha value is -2.17. The zero-order chi connectivity index (χ0) is 29.3. The Balaban J connectivity index is -0.0000000291. The number of hydrogen-bond acceptors (Lipinski definition) is 7. The molecule has 2 aromatic rings. The molecule has 0 saturated carbocycles. The van der Waals surface area contributed by atoms with Gasteiger partial charge in [-0.2, -0.15) is 16.8 Å². The second-order valence-electron chi connectivity index (χ2n) is 5.54. The maximum Gasteiger partial charge on any atom is 2.00 e. The summed E-state index contributed by atoms with van der Waals surface area (Å²) in [7, 11) is -9.33. The van der Waals surface area contributed by atoms with Crippen LogP contribution in [0.15, 0.2) is 48.5 Å². The maximum atomic E-state index is 9.11. The average molecular weight is 703 g/mol. The quantitative estimate of drug-likeness (QED) is 0.170. The predicted molar refractivity (Wildman–Crippen MR) is 145 cm³/mol. The van der Waals surface area contributed by atoms with Crippen LogP contribution in [0, 0.1) is 7.43 Å². The van der Waals surface area contributed by atoms with Crippen molar-refractivity contribution in [2.45, 2.75) is 41.0 Å². The molecule has 2 aromatic carbocycles. The molecule has 0 saturated heterocycles. The molecule has 0 spiro atoms. The van der Waals surface area contributed by atoms with Crippen LogP contribution in [0.4, 0.5) is 0 Å². The van der Waals surface area contributed by atoms with Crippen molar-refractivity contribution < 1.29 is 107 Å². The van der Waals surface area contributed by atoms with Crippen molar-refractivity contribution in [1.29, 1.82) is 0 Å². The molecule has 0 aromatic heterocycles. The fourth-order valence-corrected chi connectivity index (χ4v) is 1.13. The first-order chi connectivity index (χ1) is 15.6. The second kappa shape index (κ2) is 41.3. The van der Waals surface area contributed by atoms with Crippen molar-refractivity contribution in [2.24, 2.45) is 0 Å². The third-order valence-electron chi connectivity index (χ3n) is 1.66. The number of aliphatic carboxylic acids is 2. The summed E-state index contributed by atoms with van der Waals surface area (Å²) in [4.78, 5) is 27.1. The first-order valence-corrected chi connectivity index (χ1v) is 11.8. The van der Waals surface area contributed by atoms with Crippen molar-refractivity contribution in [3.8, 4) is 0 Å². The Morgan fingerprint density at radius 1 is 0.700 bits per heavy atom. The van der Waals surface area contributed by atoms with Gasteiger partial charge in [0.05, 0.1) is 0 Å². The largest absolute Gasteiger partial charge is 2.00 e. The zero-order valence-electron chi connectivity index (χ0n) is 23.5. The van der Waals surface area contributed by atoms with Crippen LogP contribution in [0.5, 0.6) is 0 Å². The molecule has 0 atom stereocenters. The molecule has 20 heteroatoms. The van der Waals surface area contributed by atoms with Gasteiger partial charge in [0.15, 0.2) is 0 Å². The van der Waals surface area contributed by atoms with Crippen molar-refractivity contribution in [2.75, 3.05) is 0 Å². The Morgan fingerprint density at radius 3 is 0.850 bits per heavy atom. The second-order valence-corrected chi connectivity index (χ2v) is 7.34. The van der Waals surface area contributed by atoms with E-state index in [1.54, 1.807) is 0 Å². The first kappa shape index (κ1) is 66.3. The summed E-state index contributed by atoms with van der Waals surface area (Å²) in [5.41, 5.74) is 5.94. The average Bonchev–Trinajstić information content (AvgIpc) is 2.58. The molecule has 16 nitrogen and oxygen atoms in total. The number of benzene rings is 2. The van der Waals surface area contributed by atoms with E-state index in [-0.39, 0.29) is 54.5 Å². The van der Waals surface area contributed by atoms with Crippen LogP contribution >= 0.6 is 0 Å². The molecule has 0 aliphatic heterocycles. The third-order valence-corrected chi connectivity index (χ3v) is 1.66. The van der Waals surface area contributed by atoms with Crippen molar-refractivity contribution in [1.82, 2.24) is 0 Å². The van der Waals surface area contributed by atoms with Crippen LogP contribution in [0.25, 0.3) is 16.5 Å². The van der Waals surface area contributed by atoms with Gasteiger partial charge in [0.25, 0.3) is 11.9 Å². The first-order valence-electron chi connectivity index (χ1n) is 9.03. The summed E-state index contributed by atoms with van der Waals surface area (Å²) < 4.78 is 63.2. The smallest absolute Gasteiger partial charge is 0.668 e. The van der Waals surface area contributed by atoms with Gasteiger partial charge < -0.3 is 39.1 Å². The number of amides is 1. The molecule has 40 heavy (non-hydrogen) atoms. The minimum atomic E-state index is -4.67. The van der Waals surface area contributed by atoms with E-state index < -0.39 is 38.6 Å². The Labute approximate surface area is 258 Å². The molecule has 0 aliphatic carbocycles. The number of carbonyl (C=O) groups is 3.